The summed E-state index contributed by atoms with van der Waals surface area (Å²) in [7, 11) is 2.38. The van der Waals surface area contributed by atoms with Gasteiger partial charge in [-0.3, -0.25) is 0 Å². The second-order valence-corrected chi connectivity index (χ2v) is 15.1. The molecule has 0 saturated heterocycles. The van der Waals surface area contributed by atoms with Crippen LogP contribution in [0.15, 0.2) is 54.6 Å². The molecular formula is C46H84NO2+. The molecule has 0 saturated carbocycles. The number of ether oxygens (including phenoxy) is 2. The molecule has 1 aromatic carbocycles. The van der Waals surface area contributed by atoms with Crippen LogP contribution < -0.4 is 0 Å². The first-order chi connectivity index (χ1) is 24.2. The molecule has 0 amide bonds. The van der Waals surface area contributed by atoms with Crippen LogP contribution in [0.5, 0.6) is 0 Å². The number of nitrogens with zero attached hydrogens (tertiary/aromatic N) is 1. The second-order valence-electron chi connectivity index (χ2n) is 15.1. The van der Waals surface area contributed by atoms with E-state index in [1.807, 2.05) is 0 Å². The monoisotopic (exact) mass is 683 g/mol. The number of rotatable bonds is 38. The molecule has 0 aliphatic heterocycles. The molecule has 3 heteroatoms. The number of allylic oxidation sites excluding steroid dienone is 4. The molecule has 0 fully saturated rings. The largest absolute Gasteiger partial charge is 0.376 e. The van der Waals surface area contributed by atoms with Crippen molar-refractivity contribution in [3.05, 3.63) is 60.2 Å². The molecule has 3 nitrogen and oxygen atoms in total. The lowest BCUT2D eigenvalue weighted by Crippen LogP contribution is -2.47. The van der Waals surface area contributed by atoms with Crippen molar-refractivity contribution in [2.75, 3.05) is 46.6 Å². The van der Waals surface area contributed by atoms with Gasteiger partial charge in [0.25, 0.3) is 0 Å². The number of quaternary nitrogens is 1. The van der Waals surface area contributed by atoms with Crippen LogP contribution in [0, 0.1) is 0 Å². The van der Waals surface area contributed by atoms with Gasteiger partial charge < -0.3 is 14.0 Å². The van der Waals surface area contributed by atoms with E-state index in [1.165, 1.54) is 173 Å². The van der Waals surface area contributed by atoms with Crippen molar-refractivity contribution in [3.8, 4) is 0 Å². The molecule has 0 radical (unpaired) electrons. The molecule has 0 aromatic heterocycles. The van der Waals surface area contributed by atoms with Gasteiger partial charge in [-0.25, -0.2) is 0 Å². The lowest BCUT2D eigenvalue weighted by Gasteiger charge is -2.34. The van der Waals surface area contributed by atoms with Gasteiger partial charge in [-0.2, -0.15) is 0 Å². The van der Waals surface area contributed by atoms with Gasteiger partial charge >= 0.3 is 0 Å². The summed E-state index contributed by atoms with van der Waals surface area (Å²) in [5.41, 5.74) is 1.40. The van der Waals surface area contributed by atoms with Gasteiger partial charge in [-0.1, -0.05) is 171 Å². The fourth-order valence-corrected chi connectivity index (χ4v) is 6.62. The van der Waals surface area contributed by atoms with Gasteiger partial charge in [-0.05, 0) is 64.2 Å². The Kier molecular flexibility index (Phi) is 33.9. The first-order valence-corrected chi connectivity index (χ1v) is 21.5. The Morgan fingerprint density at radius 3 is 1.16 bits per heavy atom. The summed E-state index contributed by atoms with van der Waals surface area (Å²) in [6, 6.07) is 10.9. The molecular weight excluding hydrogens is 599 g/mol. The number of hydrogen-bond donors (Lipinski definition) is 0. The molecule has 0 heterocycles. The Bertz CT molecular complexity index is 789. The Labute approximate surface area is 307 Å². The van der Waals surface area contributed by atoms with Crippen LogP contribution in [0.4, 0.5) is 0 Å². The van der Waals surface area contributed by atoms with E-state index < -0.39 is 0 Å². The van der Waals surface area contributed by atoms with Gasteiger partial charge in [0.1, 0.15) is 19.6 Å². The summed E-state index contributed by atoms with van der Waals surface area (Å²) >= 11 is 0. The molecule has 0 unspecified atom stereocenters. The third kappa shape index (κ3) is 32.2. The van der Waals surface area contributed by atoms with Crippen LogP contribution in [0.1, 0.15) is 186 Å². The van der Waals surface area contributed by atoms with E-state index >= 15 is 0 Å². The third-order valence-corrected chi connectivity index (χ3v) is 10.1. The van der Waals surface area contributed by atoms with Gasteiger partial charge in [0.15, 0.2) is 0 Å². The summed E-state index contributed by atoms with van der Waals surface area (Å²) in [5.74, 6) is 0. The van der Waals surface area contributed by atoms with E-state index in [1.54, 1.807) is 0 Å². The number of benzene rings is 1. The lowest BCUT2D eigenvalue weighted by molar-refractivity contribution is -0.923. The Balaban J connectivity index is 2.06. The van der Waals surface area contributed by atoms with Gasteiger partial charge in [-0.15, -0.1) is 0 Å². The highest BCUT2D eigenvalue weighted by Gasteiger charge is 2.22. The van der Waals surface area contributed by atoms with E-state index in [4.69, 9.17) is 9.47 Å². The van der Waals surface area contributed by atoms with E-state index in [0.29, 0.717) is 0 Å². The molecule has 0 atom stereocenters. The molecule has 0 bridgehead atoms. The zero-order valence-electron chi connectivity index (χ0n) is 33.3. The third-order valence-electron chi connectivity index (χ3n) is 10.1. The van der Waals surface area contributed by atoms with Crippen molar-refractivity contribution in [1.82, 2.24) is 0 Å². The molecule has 49 heavy (non-hydrogen) atoms. The van der Waals surface area contributed by atoms with Gasteiger partial charge in [0.2, 0.25) is 0 Å². The summed E-state index contributed by atoms with van der Waals surface area (Å²) in [6.07, 6.45) is 44.5. The molecule has 1 aromatic rings. The van der Waals surface area contributed by atoms with E-state index in [9.17, 15) is 0 Å². The minimum absolute atomic E-state index is 0.834. The predicted octanol–water partition coefficient (Wildman–Crippen LogP) is 14.0. The molecule has 0 aliphatic rings. The SMILES string of the molecule is CCCCCCCC/C=C/CCCCCCCOCC[N+](C)(CCOCCCCCCC/C=C/CCCCCCCC)Cc1ccccc1. The number of likely N-dealkylation sites (N-methyl/N-ethyl adjacent to an activating group) is 1. The fraction of sp³-hybridized carbons (Fsp3) is 0.783. The van der Waals surface area contributed by atoms with Crippen LogP contribution in [0.2, 0.25) is 0 Å². The normalized spacial score (nSPS) is 12.2. The van der Waals surface area contributed by atoms with Gasteiger partial charge in [0, 0.05) is 18.8 Å². The smallest absolute Gasteiger partial charge is 0.104 e. The van der Waals surface area contributed by atoms with Gasteiger partial charge in [0.05, 0.1) is 20.3 Å². The van der Waals surface area contributed by atoms with Crippen LogP contribution in [-0.4, -0.2) is 51.0 Å². The molecule has 284 valence electrons. The molecule has 0 N–H and O–H groups in total. The fourth-order valence-electron chi connectivity index (χ4n) is 6.62. The van der Waals surface area contributed by atoms with Crippen molar-refractivity contribution < 1.29 is 14.0 Å². The van der Waals surface area contributed by atoms with Crippen molar-refractivity contribution in [2.45, 2.75) is 187 Å². The highest BCUT2D eigenvalue weighted by molar-refractivity contribution is 5.13. The zero-order valence-corrected chi connectivity index (χ0v) is 33.3. The summed E-state index contributed by atoms with van der Waals surface area (Å²) in [4.78, 5) is 0. The van der Waals surface area contributed by atoms with Crippen molar-refractivity contribution in [1.29, 1.82) is 0 Å². The van der Waals surface area contributed by atoms with E-state index in [2.05, 4.69) is 75.5 Å². The van der Waals surface area contributed by atoms with Crippen LogP contribution in [-0.2, 0) is 16.0 Å². The van der Waals surface area contributed by atoms with Crippen LogP contribution in [0.25, 0.3) is 0 Å². The molecule has 1 rings (SSSR count). The highest BCUT2D eigenvalue weighted by Crippen LogP contribution is 2.14. The summed E-state index contributed by atoms with van der Waals surface area (Å²) in [5, 5.41) is 0. The van der Waals surface area contributed by atoms with Crippen LogP contribution in [0.3, 0.4) is 0 Å². The number of hydrogen-bond acceptors (Lipinski definition) is 2. The minimum atomic E-state index is 0.834. The summed E-state index contributed by atoms with van der Waals surface area (Å²) in [6.45, 7) is 11.2. The lowest BCUT2D eigenvalue weighted by atomic mass is 10.1. The Morgan fingerprint density at radius 2 is 0.776 bits per heavy atom. The highest BCUT2D eigenvalue weighted by atomic mass is 16.5. The average molecular weight is 683 g/mol. The van der Waals surface area contributed by atoms with Crippen molar-refractivity contribution in [2.24, 2.45) is 0 Å². The quantitative estimate of drug-likeness (QED) is 0.0393. The molecule has 0 spiro atoms. The maximum Gasteiger partial charge on any atom is 0.104 e. The first kappa shape index (κ1) is 45.6. The first-order valence-electron chi connectivity index (χ1n) is 21.5. The summed E-state index contributed by atoms with van der Waals surface area (Å²) < 4.78 is 13.3. The Hall–Kier alpha value is -1.42. The van der Waals surface area contributed by atoms with Crippen molar-refractivity contribution >= 4 is 0 Å². The van der Waals surface area contributed by atoms with E-state index in [0.717, 1.165) is 50.5 Å². The zero-order chi connectivity index (χ0) is 35.2. The standard InChI is InChI=1S/C46H84NO2/c1-4-6-8-10-12-14-16-18-20-22-24-26-28-30-35-41-48-43-39-47(3,45-46-37-33-32-34-38-46)40-44-49-42-36-31-29-27-25-23-21-19-17-15-13-11-9-7-5-2/h18-21,32-34,37-38H,4-17,22-31,35-36,39-45H2,1-3H3/q+1/b20-18+,21-19+. The van der Waals surface area contributed by atoms with Crippen LogP contribution >= 0.6 is 0 Å². The second kappa shape index (κ2) is 36.4. The molecule has 0 aliphatic carbocycles. The minimum Gasteiger partial charge on any atom is -0.376 e. The maximum absolute atomic E-state index is 6.15. The average Bonchev–Trinajstić information content (AvgIpc) is 3.11. The van der Waals surface area contributed by atoms with Crippen molar-refractivity contribution in [3.63, 3.8) is 0 Å². The predicted molar refractivity (Wildman–Crippen MR) is 217 cm³/mol. The number of unbranched alkanes of at least 4 members (excludes halogenated alkanes) is 22. The topological polar surface area (TPSA) is 18.5 Å². The van der Waals surface area contributed by atoms with E-state index in [-0.39, 0.29) is 0 Å². The Morgan fingerprint density at radius 1 is 0.429 bits per heavy atom. The maximum atomic E-state index is 6.15.